The summed E-state index contributed by atoms with van der Waals surface area (Å²) in [5, 5.41) is 12.1. The van der Waals surface area contributed by atoms with Crippen LogP contribution in [0, 0.1) is 5.92 Å². The van der Waals surface area contributed by atoms with E-state index in [-0.39, 0.29) is 24.7 Å². The molecule has 0 saturated carbocycles. The predicted molar refractivity (Wildman–Crippen MR) is 71.1 cm³/mol. The molecular formula is C12H13Cl2NO3. The maximum atomic E-state index is 11.6. The van der Waals surface area contributed by atoms with Gasteiger partial charge in [0.05, 0.1) is 0 Å². The fourth-order valence-electron chi connectivity index (χ4n) is 1.52. The van der Waals surface area contributed by atoms with Gasteiger partial charge >= 0.3 is 5.97 Å². The van der Waals surface area contributed by atoms with E-state index in [1.54, 1.807) is 25.1 Å². The maximum absolute atomic E-state index is 11.6. The maximum Gasteiger partial charge on any atom is 0.303 e. The van der Waals surface area contributed by atoms with Gasteiger partial charge in [-0.3, -0.25) is 9.59 Å². The summed E-state index contributed by atoms with van der Waals surface area (Å²) in [7, 11) is 0. The first-order valence-corrected chi connectivity index (χ1v) is 6.10. The van der Waals surface area contributed by atoms with Gasteiger partial charge in [-0.05, 0) is 24.1 Å². The Balaban J connectivity index is 2.56. The van der Waals surface area contributed by atoms with Crippen molar-refractivity contribution in [2.45, 2.75) is 19.8 Å². The van der Waals surface area contributed by atoms with Crippen LogP contribution < -0.4 is 5.32 Å². The standard InChI is InChI=1S/C12H13Cl2NO3/c1-7(3-12(17)18)2-11(16)15-10-5-8(13)4-9(14)6-10/h4-7H,2-3H2,1H3,(H,15,16)(H,17,18). The number of benzene rings is 1. The molecule has 1 amide bonds. The molecule has 1 rings (SSSR count). The molecule has 0 fully saturated rings. The molecule has 1 atom stereocenters. The third-order valence-corrected chi connectivity index (χ3v) is 2.64. The van der Waals surface area contributed by atoms with Crippen LogP contribution >= 0.6 is 23.2 Å². The number of carbonyl (C=O) groups excluding carboxylic acids is 1. The summed E-state index contributed by atoms with van der Waals surface area (Å²) in [5.41, 5.74) is 0.500. The van der Waals surface area contributed by atoms with E-state index in [2.05, 4.69) is 5.32 Å². The zero-order valence-corrected chi connectivity index (χ0v) is 11.3. The molecule has 0 aliphatic heterocycles. The van der Waals surface area contributed by atoms with Crippen LogP contribution in [0.2, 0.25) is 10.0 Å². The zero-order chi connectivity index (χ0) is 13.7. The minimum absolute atomic E-state index is 0.0380. The van der Waals surface area contributed by atoms with Crippen LogP contribution in [-0.4, -0.2) is 17.0 Å². The number of amides is 1. The molecule has 0 aliphatic carbocycles. The molecule has 1 aromatic rings. The second kappa shape index (κ2) is 6.61. The monoisotopic (exact) mass is 289 g/mol. The molecule has 0 aromatic heterocycles. The Bertz CT molecular complexity index is 442. The van der Waals surface area contributed by atoms with E-state index in [9.17, 15) is 9.59 Å². The number of carbonyl (C=O) groups is 2. The van der Waals surface area contributed by atoms with Gasteiger partial charge in [0.25, 0.3) is 0 Å². The molecule has 0 radical (unpaired) electrons. The Morgan fingerprint density at radius 3 is 2.28 bits per heavy atom. The third-order valence-electron chi connectivity index (χ3n) is 2.20. The molecular weight excluding hydrogens is 277 g/mol. The van der Waals surface area contributed by atoms with Crippen LogP contribution in [0.15, 0.2) is 18.2 Å². The van der Waals surface area contributed by atoms with Gasteiger partial charge in [-0.1, -0.05) is 30.1 Å². The van der Waals surface area contributed by atoms with Gasteiger partial charge in [-0.2, -0.15) is 0 Å². The Labute approximate surface area is 115 Å². The zero-order valence-electron chi connectivity index (χ0n) is 9.74. The summed E-state index contributed by atoms with van der Waals surface area (Å²) in [6.07, 6.45) is 0.0974. The molecule has 0 saturated heterocycles. The minimum atomic E-state index is -0.916. The van der Waals surface area contributed by atoms with Crippen LogP contribution in [0.1, 0.15) is 19.8 Å². The minimum Gasteiger partial charge on any atom is -0.481 e. The van der Waals surface area contributed by atoms with Crippen molar-refractivity contribution in [2.75, 3.05) is 5.32 Å². The quantitative estimate of drug-likeness (QED) is 0.873. The largest absolute Gasteiger partial charge is 0.481 e. The van der Waals surface area contributed by atoms with Crippen molar-refractivity contribution in [1.29, 1.82) is 0 Å². The summed E-state index contributed by atoms with van der Waals surface area (Å²) >= 11 is 11.6. The number of rotatable bonds is 5. The van der Waals surface area contributed by atoms with Crippen molar-refractivity contribution in [3.8, 4) is 0 Å². The molecule has 1 aromatic carbocycles. The van der Waals surface area contributed by atoms with Crippen molar-refractivity contribution in [3.05, 3.63) is 28.2 Å². The fraction of sp³-hybridized carbons (Fsp3) is 0.333. The topological polar surface area (TPSA) is 66.4 Å². The van der Waals surface area contributed by atoms with E-state index >= 15 is 0 Å². The Morgan fingerprint density at radius 1 is 1.22 bits per heavy atom. The van der Waals surface area contributed by atoms with Gasteiger partial charge in [-0.25, -0.2) is 0 Å². The highest BCUT2D eigenvalue weighted by molar-refractivity contribution is 6.35. The van der Waals surface area contributed by atoms with Gasteiger partial charge in [0.2, 0.25) is 5.91 Å². The number of hydrogen-bond acceptors (Lipinski definition) is 2. The lowest BCUT2D eigenvalue weighted by Gasteiger charge is -2.10. The lowest BCUT2D eigenvalue weighted by atomic mass is 10.0. The van der Waals surface area contributed by atoms with Gasteiger partial charge in [0.1, 0.15) is 0 Å². The highest BCUT2D eigenvalue weighted by Crippen LogP contribution is 2.22. The van der Waals surface area contributed by atoms with E-state index in [1.165, 1.54) is 0 Å². The molecule has 0 heterocycles. The smallest absolute Gasteiger partial charge is 0.303 e. The van der Waals surface area contributed by atoms with Crippen LogP contribution in [0.25, 0.3) is 0 Å². The van der Waals surface area contributed by atoms with Gasteiger partial charge in [0, 0.05) is 28.6 Å². The Kier molecular flexibility index (Phi) is 5.44. The average molecular weight is 290 g/mol. The highest BCUT2D eigenvalue weighted by Gasteiger charge is 2.13. The van der Waals surface area contributed by atoms with Gasteiger partial charge < -0.3 is 10.4 Å². The van der Waals surface area contributed by atoms with Crippen LogP contribution in [0.4, 0.5) is 5.69 Å². The summed E-state index contributed by atoms with van der Waals surface area (Å²) in [6.45, 7) is 1.71. The predicted octanol–water partition coefficient (Wildman–Crippen LogP) is 3.43. The number of nitrogens with one attached hydrogen (secondary N) is 1. The number of halogens is 2. The summed E-state index contributed by atoms with van der Waals surface area (Å²) < 4.78 is 0. The number of hydrogen-bond donors (Lipinski definition) is 2. The third kappa shape index (κ3) is 5.38. The first-order chi connectivity index (χ1) is 8.36. The van der Waals surface area contributed by atoms with Gasteiger partial charge in [-0.15, -0.1) is 0 Å². The van der Waals surface area contributed by atoms with E-state index in [1.807, 2.05) is 0 Å². The van der Waals surface area contributed by atoms with Crippen molar-refractivity contribution in [3.63, 3.8) is 0 Å². The molecule has 4 nitrogen and oxygen atoms in total. The van der Waals surface area contributed by atoms with E-state index < -0.39 is 5.97 Å². The van der Waals surface area contributed by atoms with Crippen LogP contribution in [0.3, 0.4) is 0 Å². The van der Waals surface area contributed by atoms with Crippen molar-refractivity contribution >= 4 is 40.8 Å². The molecule has 6 heteroatoms. The number of aliphatic carboxylic acids is 1. The first kappa shape index (κ1) is 14.8. The average Bonchev–Trinajstić information content (AvgIpc) is 2.12. The molecule has 1 unspecified atom stereocenters. The second-order valence-electron chi connectivity index (χ2n) is 4.11. The molecule has 18 heavy (non-hydrogen) atoms. The summed E-state index contributed by atoms with van der Waals surface area (Å²) in [5.74, 6) is -1.40. The molecule has 2 N–H and O–H groups in total. The molecule has 98 valence electrons. The normalized spacial score (nSPS) is 11.9. The van der Waals surface area contributed by atoms with E-state index in [4.69, 9.17) is 28.3 Å². The Hall–Kier alpha value is -1.26. The number of carboxylic acids is 1. The number of anilines is 1. The molecule has 0 aliphatic rings. The van der Waals surface area contributed by atoms with Crippen molar-refractivity contribution in [2.24, 2.45) is 5.92 Å². The van der Waals surface area contributed by atoms with Crippen molar-refractivity contribution < 1.29 is 14.7 Å². The van der Waals surface area contributed by atoms with E-state index in [0.29, 0.717) is 15.7 Å². The lowest BCUT2D eigenvalue weighted by Crippen LogP contribution is -2.16. The summed E-state index contributed by atoms with van der Waals surface area (Å²) in [4.78, 5) is 22.1. The fourth-order valence-corrected chi connectivity index (χ4v) is 2.05. The molecule has 0 spiro atoms. The van der Waals surface area contributed by atoms with Crippen LogP contribution in [-0.2, 0) is 9.59 Å². The lowest BCUT2D eigenvalue weighted by molar-refractivity contribution is -0.138. The SMILES string of the molecule is CC(CC(=O)O)CC(=O)Nc1cc(Cl)cc(Cl)c1. The van der Waals surface area contributed by atoms with Crippen LogP contribution in [0.5, 0.6) is 0 Å². The summed E-state index contributed by atoms with van der Waals surface area (Å²) in [6, 6.07) is 4.71. The van der Waals surface area contributed by atoms with E-state index in [0.717, 1.165) is 0 Å². The Morgan fingerprint density at radius 2 is 1.78 bits per heavy atom. The molecule has 0 bridgehead atoms. The van der Waals surface area contributed by atoms with Crippen molar-refractivity contribution in [1.82, 2.24) is 0 Å². The number of carboxylic acid groups (broad SMARTS) is 1. The first-order valence-electron chi connectivity index (χ1n) is 5.34. The van der Waals surface area contributed by atoms with Gasteiger partial charge in [0.15, 0.2) is 0 Å². The second-order valence-corrected chi connectivity index (χ2v) is 4.99. The highest BCUT2D eigenvalue weighted by atomic mass is 35.5.